The zero-order valence-corrected chi connectivity index (χ0v) is 13.3. The van der Waals surface area contributed by atoms with Crippen molar-refractivity contribution < 1.29 is 19.3 Å². The topological polar surface area (TPSA) is 128 Å². The molecule has 0 radical (unpaired) electrons. The summed E-state index contributed by atoms with van der Waals surface area (Å²) in [6.45, 7) is 3.35. The molecular weight excluding hydrogens is 314 g/mol. The Balaban J connectivity index is 1.89. The third-order valence-electron chi connectivity index (χ3n) is 4.54. The van der Waals surface area contributed by atoms with Gasteiger partial charge in [-0.05, 0) is 26.0 Å². The first-order chi connectivity index (χ1) is 11.4. The van der Waals surface area contributed by atoms with Crippen LogP contribution in [0, 0.1) is 5.41 Å². The first kappa shape index (κ1) is 15.5. The Morgan fingerprint density at radius 2 is 2.17 bits per heavy atom. The van der Waals surface area contributed by atoms with Gasteiger partial charge in [0.1, 0.15) is 30.2 Å². The van der Waals surface area contributed by atoms with E-state index in [1.54, 1.807) is 30.5 Å². The molecule has 0 amide bonds. The molecule has 2 aliphatic heterocycles. The molecule has 0 aromatic carbocycles. The summed E-state index contributed by atoms with van der Waals surface area (Å²) in [5.41, 5.74) is 5.84. The molecule has 0 saturated carbocycles. The quantitative estimate of drug-likeness (QED) is 0.678. The number of nitrogens with zero attached hydrogens (tertiary/aromatic N) is 3. The minimum Gasteiger partial charge on any atom is -0.394 e. The number of nitrogen functional groups attached to an aromatic ring is 1. The first-order valence-corrected chi connectivity index (χ1v) is 7.66. The largest absolute Gasteiger partial charge is 0.394 e. The van der Waals surface area contributed by atoms with E-state index in [4.69, 9.17) is 25.4 Å². The predicted octanol–water partition coefficient (Wildman–Crippen LogP) is 0.0676. The molecule has 9 nitrogen and oxygen atoms in total. The van der Waals surface area contributed by atoms with Gasteiger partial charge in [0.15, 0.2) is 17.2 Å². The van der Waals surface area contributed by atoms with Crippen molar-refractivity contribution in [1.29, 1.82) is 5.41 Å². The second-order valence-corrected chi connectivity index (χ2v) is 6.46. The SMILES string of the molecule is CC1(C)O[C@H]2[C@@H](O1)[C@](C=N)(c1ccc3c(N)ncnn13)O[C@@H]2CO. The lowest BCUT2D eigenvalue weighted by Gasteiger charge is -2.31. The molecule has 2 aromatic rings. The Morgan fingerprint density at radius 1 is 1.38 bits per heavy atom. The fraction of sp³-hybridized carbons (Fsp3) is 0.533. The van der Waals surface area contributed by atoms with Gasteiger partial charge < -0.3 is 30.5 Å². The Kier molecular flexibility index (Phi) is 3.20. The molecule has 0 spiro atoms. The highest BCUT2D eigenvalue weighted by Gasteiger charge is 2.63. The molecule has 128 valence electrons. The summed E-state index contributed by atoms with van der Waals surface area (Å²) in [5, 5.41) is 21.9. The molecule has 4 N–H and O–H groups in total. The van der Waals surface area contributed by atoms with Crippen LogP contribution in [0.5, 0.6) is 0 Å². The van der Waals surface area contributed by atoms with Gasteiger partial charge in [0, 0.05) is 6.21 Å². The van der Waals surface area contributed by atoms with E-state index < -0.39 is 29.7 Å². The number of ether oxygens (including phenoxy) is 3. The number of rotatable bonds is 3. The lowest BCUT2D eigenvalue weighted by atomic mass is 9.92. The highest BCUT2D eigenvalue weighted by molar-refractivity contribution is 5.74. The van der Waals surface area contributed by atoms with Crippen molar-refractivity contribution in [2.24, 2.45) is 0 Å². The van der Waals surface area contributed by atoms with E-state index >= 15 is 0 Å². The number of nitrogens with two attached hydrogens (primary N) is 1. The van der Waals surface area contributed by atoms with Crippen LogP contribution < -0.4 is 5.73 Å². The highest BCUT2D eigenvalue weighted by Crippen LogP contribution is 2.48. The third kappa shape index (κ3) is 1.92. The lowest BCUT2D eigenvalue weighted by molar-refractivity contribution is -0.201. The number of hydrogen-bond donors (Lipinski definition) is 3. The molecule has 24 heavy (non-hydrogen) atoms. The van der Waals surface area contributed by atoms with E-state index in [1.807, 2.05) is 0 Å². The molecule has 2 aliphatic rings. The molecule has 2 aromatic heterocycles. The van der Waals surface area contributed by atoms with Gasteiger partial charge in [-0.2, -0.15) is 5.10 Å². The summed E-state index contributed by atoms with van der Waals surface area (Å²) in [6, 6.07) is 3.54. The summed E-state index contributed by atoms with van der Waals surface area (Å²) in [5.74, 6) is -0.504. The van der Waals surface area contributed by atoms with Crippen LogP contribution in [0.3, 0.4) is 0 Å². The molecule has 4 atom stereocenters. The van der Waals surface area contributed by atoms with Crippen molar-refractivity contribution >= 4 is 17.5 Å². The van der Waals surface area contributed by atoms with Crippen LogP contribution >= 0.6 is 0 Å². The normalized spacial score (nSPS) is 34.5. The van der Waals surface area contributed by atoms with Gasteiger partial charge in [0.2, 0.25) is 0 Å². The van der Waals surface area contributed by atoms with Crippen LogP contribution in [0.15, 0.2) is 18.5 Å². The zero-order chi connectivity index (χ0) is 17.1. The summed E-state index contributed by atoms with van der Waals surface area (Å²) in [4.78, 5) is 3.97. The van der Waals surface area contributed by atoms with Gasteiger partial charge in [-0.3, -0.25) is 0 Å². The van der Waals surface area contributed by atoms with E-state index in [0.29, 0.717) is 17.0 Å². The van der Waals surface area contributed by atoms with E-state index in [1.165, 1.54) is 12.5 Å². The van der Waals surface area contributed by atoms with Crippen LogP contribution in [0.1, 0.15) is 19.5 Å². The van der Waals surface area contributed by atoms with Gasteiger partial charge in [0.25, 0.3) is 0 Å². The van der Waals surface area contributed by atoms with Crippen LogP contribution in [-0.4, -0.2) is 56.6 Å². The van der Waals surface area contributed by atoms with E-state index in [-0.39, 0.29) is 6.61 Å². The van der Waals surface area contributed by atoms with E-state index in [9.17, 15) is 5.11 Å². The van der Waals surface area contributed by atoms with Crippen molar-refractivity contribution in [3.8, 4) is 0 Å². The monoisotopic (exact) mass is 333 g/mol. The molecule has 4 rings (SSSR count). The predicted molar refractivity (Wildman–Crippen MR) is 83.6 cm³/mol. The van der Waals surface area contributed by atoms with Crippen LogP contribution in [-0.2, 0) is 19.8 Å². The van der Waals surface area contributed by atoms with Gasteiger partial charge in [-0.25, -0.2) is 9.50 Å². The van der Waals surface area contributed by atoms with Gasteiger partial charge in [-0.1, -0.05) is 0 Å². The van der Waals surface area contributed by atoms with Crippen LogP contribution in [0.2, 0.25) is 0 Å². The molecule has 0 aliphatic carbocycles. The summed E-state index contributed by atoms with van der Waals surface area (Å²) < 4.78 is 19.5. The van der Waals surface area contributed by atoms with E-state index in [2.05, 4.69) is 10.1 Å². The van der Waals surface area contributed by atoms with Crippen LogP contribution in [0.25, 0.3) is 5.52 Å². The number of aromatic nitrogens is 3. The third-order valence-corrected chi connectivity index (χ3v) is 4.54. The number of aliphatic hydroxyl groups excluding tert-OH is 1. The Hall–Kier alpha value is -2.07. The Labute approximate surface area is 137 Å². The first-order valence-electron chi connectivity index (χ1n) is 7.66. The van der Waals surface area contributed by atoms with Crippen molar-refractivity contribution in [3.05, 3.63) is 24.2 Å². The van der Waals surface area contributed by atoms with Gasteiger partial charge >= 0.3 is 0 Å². The summed E-state index contributed by atoms with van der Waals surface area (Å²) in [6.07, 6.45) is 0.830. The molecule has 2 fully saturated rings. The van der Waals surface area contributed by atoms with Crippen molar-refractivity contribution in [2.45, 2.75) is 43.5 Å². The smallest absolute Gasteiger partial charge is 0.174 e. The fourth-order valence-electron chi connectivity index (χ4n) is 3.56. The molecule has 4 heterocycles. The number of anilines is 1. The van der Waals surface area contributed by atoms with Gasteiger partial charge in [-0.15, -0.1) is 0 Å². The molecule has 2 saturated heterocycles. The maximum atomic E-state index is 9.68. The molecule has 0 unspecified atom stereocenters. The Bertz CT molecular complexity index is 806. The van der Waals surface area contributed by atoms with Gasteiger partial charge in [0.05, 0.1) is 12.3 Å². The van der Waals surface area contributed by atoms with Crippen LogP contribution in [0.4, 0.5) is 5.82 Å². The average molecular weight is 333 g/mol. The maximum absolute atomic E-state index is 9.68. The highest BCUT2D eigenvalue weighted by atomic mass is 16.8. The summed E-state index contributed by atoms with van der Waals surface area (Å²) in [7, 11) is 0. The fourth-order valence-corrected chi connectivity index (χ4v) is 3.56. The molecular formula is C15H19N5O4. The number of hydrogen-bond acceptors (Lipinski definition) is 8. The molecule has 0 bridgehead atoms. The standard InChI is InChI=1S/C15H19N5O4/c1-14(2)23-11-9(5-21)22-15(6-16,12(11)24-14)10-4-3-8-13(17)18-7-19-20(8)10/h3-4,6-7,9,11-12,16,21H,5H2,1-2H3,(H2,17,18,19)/t9-,11-,12-,15+/m1/s1. The minimum atomic E-state index is -1.24. The number of fused-ring (bicyclic) bond motifs is 2. The van der Waals surface area contributed by atoms with Crippen molar-refractivity contribution in [1.82, 2.24) is 14.6 Å². The second kappa shape index (κ2) is 4.96. The number of nitrogens with one attached hydrogen (secondary N) is 1. The van der Waals surface area contributed by atoms with E-state index in [0.717, 1.165) is 0 Å². The van der Waals surface area contributed by atoms with Crippen molar-refractivity contribution in [2.75, 3.05) is 12.3 Å². The zero-order valence-electron chi connectivity index (χ0n) is 13.3. The lowest BCUT2D eigenvalue weighted by Crippen LogP contribution is -2.43. The van der Waals surface area contributed by atoms with Crippen molar-refractivity contribution in [3.63, 3.8) is 0 Å². The maximum Gasteiger partial charge on any atom is 0.174 e. The summed E-state index contributed by atoms with van der Waals surface area (Å²) >= 11 is 0. The minimum absolute atomic E-state index is 0.239. The second-order valence-electron chi connectivity index (χ2n) is 6.46. The average Bonchev–Trinajstić information content (AvgIpc) is 3.18. The number of aliphatic hydroxyl groups is 1. The Morgan fingerprint density at radius 3 is 2.88 bits per heavy atom. The molecule has 9 heteroatoms.